The van der Waals surface area contributed by atoms with Gasteiger partial charge in [-0.25, -0.2) is 0 Å². The molecular weight excluding hydrogens is 308 g/mol. The van der Waals surface area contributed by atoms with Gasteiger partial charge in [-0.15, -0.1) is 0 Å². The van der Waals surface area contributed by atoms with Gasteiger partial charge in [-0.05, 0) is 29.3 Å². The van der Waals surface area contributed by atoms with Gasteiger partial charge in [0, 0.05) is 6.42 Å². The molecule has 0 fully saturated rings. The molecule has 7 heteroatoms. The first kappa shape index (κ1) is 20.6. The van der Waals surface area contributed by atoms with Crippen molar-refractivity contribution in [3.63, 3.8) is 0 Å². The summed E-state index contributed by atoms with van der Waals surface area (Å²) in [6.07, 6.45) is 1.13. The zero-order valence-corrected chi connectivity index (χ0v) is 16.0. The lowest BCUT2D eigenvalue weighted by Crippen LogP contribution is -2.45. The van der Waals surface area contributed by atoms with Gasteiger partial charge in [-0.2, -0.15) is 0 Å². The molecule has 0 aromatic carbocycles. The summed E-state index contributed by atoms with van der Waals surface area (Å²) in [5, 5.41) is -0.0159. The quantitative estimate of drug-likeness (QED) is 0.386. The Bertz CT molecular complexity index is 363. The molecule has 21 heavy (non-hydrogen) atoms. The SMILES string of the molecule is COC(=O)CC(CC(=O)C[S+](C)[O-])O[Si](C)(C)C(C)(C)C. The second-order valence-corrected chi connectivity index (χ2v) is 12.9. The van der Waals surface area contributed by atoms with Gasteiger partial charge < -0.3 is 13.7 Å². The van der Waals surface area contributed by atoms with Crippen molar-refractivity contribution >= 4 is 31.2 Å². The standard InChI is InChI=1S/C14H28O5SSi/c1-14(2,3)21(6,7)19-12(9-13(16)18-4)8-11(15)10-20(5)17/h12H,8-10H2,1-7H3. The molecule has 0 radical (unpaired) electrons. The van der Waals surface area contributed by atoms with Crippen LogP contribution in [0.2, 0.25) is 18.1 Å². The molecule has 0 amide bonds. The van der Waals surface area contributed by atoms with Crippen LogP contribution in [0, 0.1) is 0 Å². The van der Waals surface area contributed by atoms with E-state index in [1.807, 2.05) is 0 Å². The van der Waals surface area contributed by atoms with Crippen molar-refractivity contribution in [3.8, 4) is 0 Å². The molecule has 0 aliphatic rings. The summed E-state index contributed by atoms with van der Waals surface area (Å²) in [5.41, 5.74) is 0. The molecule has 0 aliphatic carbocycles. The topological polar surface area (TPSA) is 75.7 Å². The van der Waals surface area contributed by atoms with Crippen molar-refractivity contribution < 1.29 is 23.3 Å². The highest BCUT2D eigenvalue weighted by molar-refractivity contribution is 7.91. The van der Waals surface area contributed by atoms with E-state index in [4.69, 9.17) is 4.43 Å². The normalized spacial score (nSPS) is 15.4. The van der Waals surface area contributed by atoms with E-state index in [1.54, 1.807) is 0 Å². The van der Waals surface area contributed by atoms with E-state index in [9.17, 15) is 14.1 Å². The van der Waals surface area contributed by atoms with Gasteiger partial charge in [0.05, 0.1) is 25.9 Å². The highest BCUT2D eigenvalue weighted by Crippen LogP contribution is 2.38. The maximum absolute atomic E-state index is 11.9. The second-order valence-electron chi connectivity index (χ2n) is 6.74. The molecule has 0 rings (SSSR count). The lowest BCUT2D eigenvalue weighted by molar-refractivity contribution is -0.142. The van der Waals surface area contributed by atoms with Gasteiger partial charge in [0.25, 0.3) is 0 Å². The largest absolute Gasteiger partial charge is 0.616 e. The number of esters is 1. The summed E-state index contributed by atoms with van der Waals surface area (Å²) >= 11 is -1.18. The minimum atomic E-state index is -2.09. The molecule has 0 spiro atoms. The number of rotatable bonds is 8. The van der Waals surface area contributed by atoms with Crippen molar-refractivity contribution in [2.24, 2.45) is 0 Å². The highest BCUT2D eigenvalue weighted by Gasteiger charge is 2.40. The Morgan fingerprint density at radius 3 is 2.14 bits per heavy atom. The number of hydrogen-bond acceptors (Lipinski definition) is 5. The van der Waals surface area contributed by atoms with Crippen LogP contribution in [0.5, 0.6) is 0 Å². The fourth-order valence-corrected chi connectivity index (χ4v) is 3.48. The van der Waals surface area contributed by atoms with E-state index in [0.717, 1.165) is 0 Å². The molecule has 0 aliphatic heterocycles. The van der Waals surface area contributed by atoms with E-state index in [2.05, 4.69) is 38.6 Å². The molecule has 124 valence electrons. The van der Waals surface area contributed by atoms with Crippen LogP contribution >= 0.6 is 0 Å². The fourth-order valence-electron chi connectivity index (χ4n) is 1.56. The lowest BCUT2D eigenvalue weighted by Gasteiger charge is -2.39. The van der Waals surface area contributed by atoms with E-state index in [-0.39, 0.29) is 29.4 Å². The molecule has 0 bridgehead atoms. The number of ether oxygens (including phenoxy) is 1. The lowest BCUT2D eigenvalue weighted by atomic mass is 10.1. The van der Waals surface area contributed by atoms with Crippen LogP contribution in [0.1, 0.15) is 33.6 Å². The number of ketones is 1. The van der Waals surface area contributed by atoms with Crippen molar-refractivity contribution in [1.82, 2.24) is 0 Å². The Balaban J connectivity index is 4.90. The average molecular weight is 337 g/mol. The van der Waals surface area contributed by atoms with Crippen LogP contribution in [0.15, 0.2) is 0 Å². The van der Waals surface area contributed by atoms with Crippen molar-refractivity contribution in [1.29, 1.82) is 0 Å². The van der Waals surface area contributed by atoms with Crippen LogP contribution in [0.3, 0.4) is 0 Å². The second kappa shape index (κ2) is 8.31. The third-order valence-corrected chi connectivity index (χ3v) is 8.97. The maximum Gasteiger partial charge on any atom is 0.308 e. The van der Waals surface area contributed by atoms with Gasteiger partial charge in [0.1, 0.15) is 0 Å². The minimum Gasteiger partial charge on any atom is -0.616 e. The van der Waals surface area contributed by atoms with Crippen LogP contribution in [-0.4, -0.2) is 49.8 Å². The molecule has 0 heterocycles. The number of Topliss-reactive ketones (excluding diaryl/α,β-unsaturated/α-hetero) is 1. The third kappa shape index (κ3) is 7.99. The van der Waals surface area contributed by atoms with Crippen LogP contribution in [0.4, 0.5) is 0 Å². The first-order valence-electron chi connectivity index (χ1n) is 6.95. The van der Waals surface area contributed by atoms with Gasteiger partial charge >= 0.3 is 5.97 Å². The Labute approximate surface area is 132 Å². The average Bonchev–Trinajstić information content (AvgIpc) is 2.24. The summed E-state index contributed by atoms with van der Waals surface area (Å²) in [5.74, 6) is -0.550. The van der Waals surface area contributed by atoms with Gasteiger partial charge in [0.2, 0.25) is 0 Å². The minimum absolute atomic E-state index is 0.00145. The predicted octanol–water partition coefficient (Wildman–Crippen LogP) is 2.28. The summed E-state index contributed by atoms with van der Waals surface area (Å²) < 4.78 is 21.9. The number of hydrogen-bond donors (Lipinski definition) is 0. The number of methoxy groups -OCH3 is 1. The number of carbonyl (C=O) groups excluding carboxylic acids is 2. The number of carbonyl (C=O) groups is 2. The van der Waals surface area contributed by atoms with Crippen molar-refractivity contribution in [2.45, 2.75) is 57.8 Å². The Morgan fingerprint density at radius 2 is 1.76 bits per heavy atom. The summed E-state index contributed by atoms with van der Waals surface area (Å²) in [7, 11) is -0.776. The van der Waals surface area contributed by atoms with E-state index < -0.39 is 31.6 Å². The molecule has 0 saturated heterocycles. The van der Waals surface area contributed by atoms with E-state index in [0.29, 0.717) is 0 Å². The molecular formula is C14H28O5SSi. The Kier molecular flexibility index (Phi) is 8.16. The molecule has 2 unspecified atom stereocenters. The molecule has 0 aromatic rings. The zero-order chi connectivity index (χ0) is 16.8. The third-order valence-electron chi connectivity index (χ3n) is 3.71. The van der Waals surface area contributed by atoms with Crippen molar-refractivity contribution in [3.05, 3.63) is 0 Å². The zero-order valence-electron chi connectivity index (χ0n) is 14.1. The molecule has 0 saturated carbocycles. The summed E-state index contributed by atoms with van der Waals surface area (Å²) in [6, 6.07) is 0. The Morgan fingerprint density at radius 1 is 1.24 bits per heavy atom. The summed E-state index contributed by atoms with van der Waals surface area (Å²) in [6.45, 7) is 10.4. The predicted molar refractivity (Wildman–Crippen MR) is 87.3 cm³/mol. The fraction of sp³-hybridized carbons (Fsp3) is 0.857. The van der Waals surface area contributed by atoms with E-state index >= 15 is 0 Å². The van der Waals surface area contributed by atoms with Crippen LogP contribution in [-0.2, 0) is 29.9 Å². The summed E-state index contributed by atoms with van der Waals surface area (Å²) in [4.78, 5) is 23.4. The highest BCUT2D eigenvalue weighted by atomic mass is 32.2. The van der Waals surface area contributed by atoms with E-state index in [1.165, 1.54) is 13.4 Å². The monoisotopic (exact) mass is 336 g/mol. The molecule has 0 aromatic heterocycles. The van der Waals surface area contributed by atoms with Gasteiger partial charge in [-0.3, -0.25) is 9.59 Å². The molecule has 5 nitrogen and oxygen atoms in total. The van der Waals surface area contributed by atoms with Gasteiger partial charge in [-0.1, -0.05) is 20.8 Å². The first-order valence-corrected chi connectivity index (χ1v) is 11.6. The van der Waals surface area contributed by atoms with Gasteiger partial charge in [0.15, 0.2) is 19.9 Å². The van der Waals surface area contributed by atoms with Crippen LogP contribution in [0.25, 0.3) is 0 Å². The maximum atomic E-state index is 11.9. The van der Waals surface area contributed by atoms with Crippen LogP contribution < -0.4 is 0 Å². The Hall–Kier alpha value is -0.373. The molecule has 0 N–H and O–H groups in total. The first-order chi connectivity index (χ1) is 9.39. The van der Waals surface area contributed by atoms with Crippen molar-refractivity contribution in [2.75, 3.05) is 19.1 Å². The molecule has 2 atom stereocenters. The smallest absolute Gasteiger partial charge is 0.308 e.